The molecule has 0 radical (unpaired) electrons. The molecule has 2 aromatic rings. The Morgan fingerprint density at radius 3 is 2.32 bits per heavy atom. The average molecular weight is 377 g/mol. The highest BCUT2D eigenvalue weighted by Gasteiger charge is 2.43. The second kappa shape index (κ2) is 7.06. The van der Waals surface area contributed by atoms with E-state index < -0.39 is 0 Å². The van der Waals surface area contributed by atoms with Crippen molar-refractivity contribution < 1.29 is 4.74 Å². The molecule has 0 unspecified atom stereocenters. The fourth-order valence-electron chi connectivity index (χ4n) is 3.83. The predicted molar refractivity (Wildman–Crippen MR) is 104 cm³/mol. The molecule has 0 N–H and O–H groups in total. The van der Waals surface area contributed by atoms with Gasteiger partial charge in [-0.2, -0.15) is 0 Å². The molecule has 2 fully saturated rings. The van der Waals surface area contributed by atoms with Crippen molar-refractivity contribution in [3.05, 3.63) is 58.1 Å². The van der Waals surface area contributed by atoms with Crippen molar-refractivity contribution >= 4 is 28.9 Å². The lowest BCUT2D eigenvalue weighted by Gasteiger charge is -2.37. The number of ether oxygens (including phenoxy) is 1. The molecular weight excluding hydrogens is 355 g/mol. The van der Waals surface area contributed by atoms with Gasteiger partial charge in [0.2, 0.25) is 0 Å². The van der Waals surface area contributed by atoms with Crippen molar-refractivity contribution in [3.8, 4) is 5.75 Å². The van der Waals surface area contributed by atoms with Crippen molar-refractivity contribution in [2.24, 2.45) is 0 Å². The quantitative estimate of drug-likeness (QED) is 0.770. The summed E-state index contributed by atoms with van der Waals surface area (Å²) in [7, 11) is 1.71. The normalized spacial score (nSPS) is 23.6. The molecule has 2 atom stereocenters. The molecule has 0 spiro atoms. The van der Waals surface area contributed by atoms with Crippen LogP contribution >= 0.6 is 23.2 Å². The molecule has 4 rings (SSSR count). The van der Waals surface area contributed by atoms with Crippen molar-refractivity contribution in [2.45, 2.75) is 18.4 Å². The lowest BCUT2D eigenvalue weighted by molar-refractivity contribution is 0.244. The summed E-state index contributed by atoms with van der Waals surface area (Å²) >= 11 is 12.4. The summed E-state index contributed by atoms with van der Waals surface area (Å²) in [4.78, 5) is 4.98. The fourth-order valence-corrected chi connectivity index (χ4v) is 4.35. The van der Waals surface area contributed by atoms with Crippen LogP contribution in [0.1, 0.15) is 17.9 Å². The third-order valence-electron chi connectivity index (χ3n) is 5.33. The van der Waals surface area contributed by atoms with Gasteiger partial charge in [0.1, 0.15) is 5.75 Å². The molecule has 0 bridgehead atoms. The Hall–Kier alpha value is -1.42. The number of nitrogens with zero attached hydrogens (tertiary/aromatic N) is 2. The smallest absolute Gasteiger partial charge is 0.118 e. The van der Waals surface area contributed by atoms with Crippen molar-refractivity contribution in [2.75, 3.05) is 38.2 Å². The Morgan fingerprint density at radius 2 is 1.68 bits per heavy atom. The molecule has 3 nitrogen and oxygen atoms in total. The number of hydrogen-bond donors (Lipinski definition) is 0. The van der Waals surface area contributed by atoms with E-state index >= 15 is 0 Å². The van der Waals surface area contributed by atoms with Crippen molar-refractivity contribution in [1.82, 2.24) is 4.90 Å². The summed E-state index contributed by atoms with van der Waals surface area (Å²) in [5.41, 5.74) is 2.52. The Labute approximate surface area is 159 Å². The van der Waals surface area contributed by atoms with Crippen LogP contribution in [0, 0.1) is 0 Å². The maximum Gasteiger partial charge on any atom is 0.118 e. The standard InChI is InChI=1S/C20H22Cl2N2O/c1-25-16-5-2-14(3-6-16)17-13-20(17)24-10-8-23(9-11-24)19-7-4-15(21)12-18(19)22/h2-7,12,17,20H,8-11,13H2,1H3/t17-,20+/m1/s1. The number of benzene rings is 2. The molecule has 132 valence electrons. The van der Waals surface area contributed by atoms with Crippen molar-refractivity contribution in [3.63, 3.8) is 0 Å². The number of piperazine rings is 1. The highest BCUT2D eigenvalue weighted by Crippen LogP contribution is 2.45. The van der Waals surface area contributed by atoms with Crippen LogP contribution in [0.4, 0.5) is 5.69 Å². The van der Waals surface area contributed by atoms with Crippen LogP contribution in [0.5, 0.6) is 5.75 Å². The Bertz CT molecular complexity index is 742. The number of anilines is 1. The lowest BCUT2D eigenvalue weighted by Crippen LogP contribution is -2.47. The van der Waals surface area contributed by atoms with E-state index in [4.69, 9.17) is 27.9 Å². The van der Waals surface area contributed by atoms with Gasteiger partial charge < -0.3 is 9.64 Å². The fraction of sp³-hybridized carbons (Fsp3) is 0.400. The highest BCUT2D eigenvalue weighted by molar-refractivity contribution is 6.36. The monoisotopic (exact) mass is 376 g/mol. The second-order valence-electron chi connectivity index (χ2n) is 6.80. The Morgan fingerprint density at radius 1 is 0.960 bits per heavy atom. The molecule has 1 aliphatic heterocycles. The zero-order valence-corrected chi connectivity index (χ0v) is 15.8. The van der Waals surface area contributed by atoms with E-state index in [1.165, 1.54) is 12.0 Å². The zero-order chi connectivity index (χ0) is 17.4. The first-order chi connectivity index (χ1) is 12.2. The number of hydrogen-bond acceptors (Lipinski definition) is 3. The summed E-state index contributed by atoms with van der Waals surface area (Å²) in [5, 5.41) is 1.43. The third kappa shape index (κ3) is 3.59. The molecule has 0 amide bonds. The van der Waals surface area contributed by atoms with Gasteiger partial charge in [-0.3, -0.25) is 4.90 Å². The van der Waals surface area contributed by atoms with Gasteiger partial charge in [0.05, 0.1) is 17.8 Å². The van der Waals surface area contributed by atoms with E-state index in [9.17, 15) is 0 Å². The van der Waals surface area contributed by atoms with Crippen LogP contribution in [0.25, 0.3) is 0 Å². The van der Waals surface area contributed by atoms with Gasteiger partial charge in [-0.05, 0) is 42.3 Å². The molecule has 25 heavy (non-hydrogen) atoms. The van der Waals surface area contributed by atoms with Gasteiger partial charge in [-0.1, -0.05) is 35.3 Å². The maximum atomic E-state index is 6.35. The van der Waals surface area contributed by atoms with E-state index in [2.05, 4.69) is 34.1 Å². The van der Waals surface area contributed by atoms with Crippen LogP contribution in [0.15, 0.2) is 42.5 Å². The van der Waals surface area contributed by atoms with Gasteiger partial charge in [0, 0.05) is 43.2 Å². The van der Waals surface area contributed by atoms with Gasteiger partial charge >= 0.3 is 0 Å². The molecule has 2 aromatic carbocycles. The van der Waals surface area contributed by atoms with Gasteiger partial charge in [0.15, 0.2) is 0 Å². The van der Waals surface area contributed by atoms with Gasteiger partial charge in [-0.25, -0.2) is 0 Å². The molecule has 5 heteroatoms. The molecule has 1 saturated carbocycles. The zero-order valence-electron chi connectivity index (χ0n) is 14.3. The SMILES string of the molecule is COc1ccc([C@H]2C[C@@H]2N2CCN(c3ccc(Cl)cc3Cl)CC2)cc1. The van der Waals surface area contributed by atoms with E-state index in [0.29, 0.717) is 17.0 Å². The Kier molecular flexibility index (Phi) is 4.81. The summed E-state index contributed by atoms with van der Waals surface area (Å²) in [6.07, 6.45) is 1.26. The number of rotatable bonds is 4. The number of halogens is 2. The van der Waals surface area contributed by atoms with E-state index in [1.807, 2.05) is 18.2 Å². The highest BCUT2D eigenvalue weighted by atomic mass is 35.5. The summed E-state index contributed by atoms with van der Waals surface area (Å²) < 4.78 is 5.25. The van der Waals surface area contributed by atoms with E-state index in [-0.39, 0.29) is 0 Å². The third-order valence-corrected chi connectivity index (χ3v) is 5.87. The summed E-state index contributed by atoms with van der Waals surface area (Å²) in [5.74, 6) is 1.59. The van der Waals surface area contributed by atoms with Crippen LogP contribution in [-0.2, 0) is 0 Å². The van der Waals surface area contributed by atoms with E-state index in [0.717, 1.165) is 42.6 Å². The summed E-state index contributed by atoms with van der Waals surface area (Å²) in [6.45, 7) is 4.17. The molecular formula is C20H22Cl2N2O. The minimum atomic E-state index is 0.663. The minimum Gasteiger partial charge on any atom is -0.497 e. The first-order valence-corrected chi connectivity index (χ1v) is 9.49. The van der Waals surface area contributed by atoms with Gasteiger partial charge in [-0.15, -0.1) is 0 Å². The molecule has 1 heterocycles. The predicted octanol–water partition coefficient (Wildman–Crippen LogP) is 4.68. The molecule has 1 saturated heterocycles. The largest absolute Gasteiger partial charge is 0.497 e. The van der Waals surface area contributed by atoms with Crippen LogP contribution in [0.3, 0.4) is 0 Å². The number of methoxy groups -OCH3 is 1. The van der Waals surface area contributed by atoms with Gasteiger partial charge in [0.25, 0.3) is 0 Å². The topological polar surface area (TPSA) is 15.7 Å². The Balaban J connectivity index is 1.35. The minimum absolute atomic E-state index is 0.663. The van der Waals surface area contributed by atoms with E-state index in [1.54, 1.807) is 7.11 Å². The van der Waals surface area contributed by atoms with Crippen LogP contribution < -0.4 is 9.64 Å². The first kappa shape index (κ1) is 17.0. The average Bonchev–Trinajstić information content (AvgIpc) is 3.43. The summed E-state index contributed by atoms with van der Waals surface area (Å²) in [6, 6.07) is 15.0. The molecule has 2 aliphatic rings. The van der Waals surface area contributed by atoms with Crippen LogP contribution in [-0.4, -0.2) is 44.2 Å². The first-order valence-electron chi connectivity index (χ1n) is 8.73. The lowest BCUT2D eigenvalue weighted by atomic mass is 10.1. The maximum absolute atomic E-state index is 6.35. The molecule has 0 aromatic heterocycles. The van der Waals surface area contributed by atoms with Crippen molar-refractivity contribution in [1.29, 1.82) is 0 Å². The second-order valence-corrected chi connectivity index (χ2v) is 7.65. The molecule has 1 aliphatic carbocycles. The van der Waals surface area contributed by atoms with Crippen LogP contribution in [0.2, 0.25) is 10.0 Å².